The molecule has 0 aliphatic rings. The van der Waals surface area contributed by atoms with Crippen molar-refractivity contribution in [1.82, 2.24) is 9.55 Å². The number of imidazole rings is 1. The molecule has 15 heavy (non-hydrogen) atoms. The average Bonchev–Trinajstić information content (AvgIpc) is 2.70. The van der Waals surface area contributed by atoms with E-state index >= 15 is 0 Å². The van der Waals surface area contributed by atoms with E-state index in [0.717, 1.165) is 5.92 Å². The second-order valence-corrected chi connectivity index (χ2v) is 4.70. The highest BCUT2D eigenvalue weighted by molar-refractivity contribution is 4.99. The van der Waals surface area contributed by atoms with Crippen LogP contribution in [0.3, 0.4) is 0 Å². The molecule has 1 unspecified atom stereocenters. The van der Waals surface area contributed by atoms with Crippen LogP contribution in [-0.2, 0) is 0 Å². The molecule has 1 rings (SSSR count). The second-order valence-electron chi connectivity index (χ2n) is 4.70. The Hall–Kier alpha value is -0.790. The Morgan fingerprint density at radius 3 is 2.53 bits per heavy atom. The van der Waals surface area contributed by atoms with Gasteiger partial charge in [-0.1, -0.05) is 34.1 Å². The largest absolute Gasteiger partial charge is 0.329 e. The fourth-order valence-corrected chi connectivity index (χ4v) is 1.73. The lowest BCUT2D eigenvalue weighted by Gasteiger charge is -2.24. The zero-order valence-electron chi connectivity index (χ0n) is 10.4. The number of nitrogens with zero attached hydrogens (tertiary/aromatic N) is 2. The van der Waals surface area contributed by atoms with E-state index in [9.17, 15) is 0 Å². The van der Waals surface area contributed by atoms with Crippen LogP contribution in [0.5, 0.6) is 0 Å². The van der Waals surface area contributed by atoms with E-state index < -0.39 is 0 Å². The standard InChI is InChI=1S/C13H23N2/c1-5-12(4)13(7-6-11(2)3)15-9-8-14-10-15/h8-12H,5-7H2,1-4H3. The summed E-state index contributed by atoms with van der Waals surface area (Å²) >= 11 is 0. The summed E-state index contributed by atoms with van der Waals surface area (Å²) in [5, 5.41) is 0. The number of aromatic nitrogens is 2. The first-order chi connectivity index (χ1) is 7.15. The summed E-state index contributed by atoms with van der Waals surface area (Å²) in [6.45, 7) is 9.11. The molecule has 0 aliphatic heterocycles. The molecule has 0 saturated heterocycles. The normalized spacial score (nSPS) is 13.7. The lowest BCUT2D eigenvalue weighted by atomic mass is 9.92. The van der Waals surface area contributed by atoms with Crippen LogP contribution in [0.15, 0.2) is 18.7 Å². The van der Waals surface area contributed by atoms with Crippen molar-refractivity contribution >= 4 is 0 Å². The number of hydrogen-bond donors (Lipinski definition) is 0. The summed E-state index contributed by atoms with van der Waals surface area (Å²) in [5.74, 6) is 1.42. The molecule has 2 nitrogen and oxygen atoms in total. The van der Waals surface area contributed by atoms with Gasteiger partial charge in [-0.3, -0.25) is 0 Å². The fraction of sp³-hybridized carbons (Fsp3) is 0.692. The molecule has 0 saturated carbocycles. The highest BCUT2D eigenvalue weighted by Gasteiger charge is 2.18. The molecule has 1 heterocycles. The Morgan fingerprint density at radius 2 is 2.07 bits per heavy atom. The van der Waals surface area contributed by atoms with Gasteiger partial charge in [0.25, 0.3) is 0 Å². The third kappa shape index (κ3) is 3.69. The van der Waals surface area contributed by atoms with Crippen LogP contribution in [0.25, 0.3) is 0 Å². The summed E-state index contributed by atoms with van der Waals surface area (Å²) in [7, 11) is 0. The highest BCUT2D eigenvalue weighted by atomic mass is 15.1. The van der Waals surface area contributed by atoms with E-state index in [-0.39, 0.29) is 0 Å². The van der Waals surface area contributed by atoms with E-state index in [0.29, 0.717) is 5.92 Å². The van der Waals surface area contributed by atoms with Gasteiger partial charge >= 0.3 is 0 Å². The first-order valence-electron chi connectivity index (χ1n) is 5.99. The van der Waals surface area contributed by atoms with Gasteiger partial charge in [0.2, 0.25) is 0 Å². The maximum absolute atomic E-state index is 4.13. The third-order valence-electron chi connectivity index (χ3n) is 3.00. The van der Waals surface area contributed by atoms with Crippen molar-refractivity contribution in [3.05, 3.63) is 24.8 Å². The monoisotopic (exact) mass is 207 g/mol. The maximum Gasteiger partial charge on any atom is 0.0952 e. The van der Waals surface area contributed by atoms with Gasteiger partial charge in [-0.15, -0.1) is 0 Å². The fourth-order valence-electron chi connectivity index (χ4n) is 1.73. The van der Waals surface area contributed by atoms with Gasteiger partial charge in [0.1, 0.15) is 0 Å². The molecule has 85 valence electrons. The van der Waals surface area contributed by atoms with Crippen molar-refractivity contribution in [2.45, 2.75) is 47.0 Å². The summed E-state index contributed by atoms with van der Waals surface area (Å²) in [5.41, 5.74) is 0. The molecule has 0 aromatic carbocycles. The van der Waals surface area contributed by atoms with Crippen LogP contribution < -0.4 is 0 Å². The van der Waals surface area contributed by atoms with E-state index in [1.165, 1.54) is 25.3 Å². The number of hydrogen-bond acceptors (Lipinski definition) is 1. The van der Waals surface area contributed by atoms with Crippen LogP contribution in [0.1, 0.15) is 47.0 Å². The lowest BCUT2D eigenvalue weighted by Crippen LogP contribution is -2.17. The topological polar surface area (TPSA) is 17.8 Å². The molecule has 1 aromatic rings. The van der Waals surface area contributed by atoms with Crippen LogP contribution in [0, 0.1) is 17.9 Å². The molecular formula is C13H23N2. The van der Waals surface area contributed by atoms with Gasteiger partial charge in [-0.2, -0.15) is 0 Å². The van der Waals surface area contributed by atoms with Crippen molar-refractivity contribution in [3.8, 4) is 0 Å². The molecule has 0 bridgehead atoms. The van der Waals surface area contributed by atoms with Crippen molar-refractivity contribution in [1.29, 1.82) is 0 Å². The average molecular weight is 207 g/mol. The predicted molar refractivity (Wildman–Crippen MR) is 64.4 cm³/mol. The Balaban J connectivity index is 2.62. The molecule has 1 aromatic heterocycles. The Kier molecular flexibility index (Phi) is 4.86. The van der Waals surface area contributed by atoms with Crippen LogP contribution >= 0.6 is 0 Å². The van der Waals surface area contributed by atoms with Crippen molar-refractivity contribution in [2.24, 2.45) is 11.8 Å². The van der Waals surface area contributed by atoms with Gasteiger partial charge in [0.05, 0.1) is 12.4 Å². The predicted octanol–water partition coefficient (Wildman–Crippen LogP) is 3.75. The zero-order valence-corrected chi connectivity index (χ0v) is 10.4. The van der Waals surface area contributed by atoms with Gasteiger partial charge < -0.3 is 4.57 Å². The molecule has 0 aliphatic carbocycles. The summed E-state index contributed by atoms with van der Waals surface area (Å²) in [6.07, 6.45) is 9.48. The minimum Gasteiger partial charge on any atom is -0.329 e. The summed E-state index contributed by atoms with van der Waals surface area (Å²) < 4.78 is 2.19. The SMILES string of the molecule is CCC(C)[C](CCC(C)C)n1ccnc1. The Bertz CT molecular complexity index is 252. The molecule has 0 spiro atoms. The minimum atomic E-state index is 0.651. The smallest absolute Gasteiger partial charge is 0.0952 e. The molecule has 1 atom stereocenters. The van der Waals surface area contributed by atoms with Gasteiger partial charge in [-0.05, 0) is 24.7 Å². The van der Waals surface area contributed by atoms with E-state index in [4.69, 9.17) is 0 Å². The van der Waals surface area contributed by atoms with E-state index in [1.807, 2.05) is 12.5 Å². The molecular weight excluding hydrogens is 184 g/mol. The zero-order chi connectivity index (χ0) is 11.3. The van der Waals surface area contributed by atoms with Gasteiger partial charge in [-0.25, -0.2) is 4.98 Å². The van der Waals surface area contributed by atoms with Crippen LogP contribution in [0.2, 0.25) is 0 Å². The van der Waals surface area contributed by atoms with Gasteiger partial charge in [0, 0.05) is 12.4 Å². The van der Waals surface area contributed by atoms with Crippen molar-refractivity contribution in [2.75, 3.05) is 0 Å². The first kappa shape index (κ1) is 12.3. The van der Waals surface area contributed by atoms with Gasteiger partial charge in [0.15, 0.2) is 0 Å². The number of rotatable bonds is 6. The Labute approximate surface area is 93.7 Å². The highest BCUT2D eigenvalue weighted by Crippen LogP contribution is 2.26. The minimum absolute atomic E-state index is 0.651. The van der Waals surface area contributed by atoms with Crippen molar-refractivity contribution in [3.63, 3.8) is 0 Å². The van der Waals surface area contributed by atoms with E-state index in [2.05, 4.69) is 43.4 Å². The lowest BCUT2D eigenvalue weighted by molar-refractivity contribution is 0.440. The quantitative estimate of drug-likeness (QED) is 0.694. The molecule has 0 N–H and O–H groups in total. The molecule has 0 fully saturated rings. The summed E-state index contributed by atoms with van der Waals surface area (Å²) in [6, 6.07) is 1.50. The summed E-state index contributed by atoms with van der Waals surface area (Å²) in [4.78, 5) is 4.13. The molecule has 1 radical (unpaired) electrons. The third-order valence-corrected chi connectivity index (χ3v) is 3.00. The van der Waals surface area contributed by atoms with Crippen LogP contribution in [0.4, 0.5) is 0 Å². The first-order valence-corrected chi connectivity index (χ1v) is 5.99. The van der Waals surface area contributed by atoms with Crippen molar-refractivity contribution < 1.29 is 0 Å². The maximum atomic E-state index is 4.13. The molecule has 0 amide bonds. The molecule has 2 heteroatoms. The van der Waals surface area contributed by atoms with E-state index in [1.54, 1.807) is 0 Å². The Morgan fingerprint density at radius 1 is 1.33 bits per heavy atom. The second kappa shape index (κ2) is 5.94. The van der Waals surface area contributed by atoms with Crippen LogP contribution in [-0.4, -0.2) is 9.55 Å².